The molecule has 5 heteroatoms. The monoisotopic (exact) mass is 330 g/mol. The number of sulfonamides is 1. The van der Waals surface area contributed by atoms with Crippen LogP contribution < -0.4 is 4.72 Å². The molecular formula is C18H22N2O2S. The molecule has 2 aliphatic rings. The van der Waals surface area contributed by atoms with Gasteiger partial charge in [-0.2, -0.15) is 0 Å². The van der Waals surface area contributed by atoms with E-state index in [0.717, 1.165) is 25.7 Å². The molecule has 1 aromatic carbocycles. The van der Waals surface area contributed by atoms with Crippen LogP contribution >= 0.6 is 0 Å². The molecule has 1 fully saturated rings. The topological polar surface area (TPSA) is 51.1 Å². The fourth-order valence-electron chi connectivity index (χ4n) is 4.23. The molecule has 122 valence electrons. The van der Waals surface area contributed by atoms with Gasteiger partial charge in [0.05, 0.1) is 4.90 Å². The van der Waals surface area contributed by atoms with Crippen molar-refractivity contribution in [2.75, 3.05) is 0 Å². The second-order valence-electron chi connectivity index (χ2n) is 6.93. The molecule has 0 saturated heterocycles. The zero-order valence-corrected chi connectivity index (χ0v) is 14.1. The minimum atomic E-state index is -3.44. The van der Waals surface area contributed by atoms with Gasteiger partial charge < -0.3 is 4.57 Å². The maximum atomic E-state index is 12.7. The van der Waals surface area contributed by atoms with Gasteiger partial charge in [0, 0.05) is 25.5 Å². The van der Waals surface area contributed by atoms with Gasteiger partial charge in [-0.05, 0) is 54.7 Å². The Morgan fingerprint density at radius 1 is 1.04 bits per heavy atom. The number of benzene rings is 1. The first kappa shape index (κ1) is 15.0. The molecule has 1 N–H and O–H groups in total. The van der Waals surface area contributed by atoms with Gasteiger partial charge in [-0.25, -0.2) is 13.1 Å². The predicted octanol–water partition coefficient (Wildman–Crippen LogP) is 2.50. The van der Waals surface area contributed by atoms with Crippen molar-refractivity contribution < 1.29 is 8.42 Å². The lowest BCUT2D eigenvalue weighted by Gasteiger charge is -2.23. The van der Waals surface area contributed by atoms with E-state index >= 15 is 0 Å². The summed E-state index contributed by atoms with van der Waals surface area (Å²) in [5.41, 5.74) is 2.78. The van der Waals surface area contributed by atoms with Gasteiger partial charge in [0.2, 0.25) is 10.0 Å². The SMILES string of the molecule is Cn1ccc(S(=O)(=O)NC2C3CCC2Cc2ccccc2C3)c1. The molecule has 4 nitrogen and oxygen atoms in total. The van der Waals surface area contributed by atoms with E-state index in [9.17, 15) is 8.42 Å². The van der Waals surface area contributed by atoms with Gasteiger partial charge in [0.1, 0.15) is 0 Å². The number of nitrogens with zero attached hydrogens (tertiary/aromatic N) is 1. The van der Waals surface area contributed by atoms with Crippen LogP contribution in [0.1, 0.15) is 24.0 Å². The summed E-state index contributed by atoms with van der Waals surface area (Å²) in [6, 6.07) is 10.3. The normalized spacial score (nSPS) is 26.7. The van der Waals surface area contributed by atoms with E-state index in [4.69, 9.17) is 0 Å². The average Bonchev–Trinajstić information content (AvgIpc) is 3.04. The fourth-order valence-corrected chi connectivity index (χ4v) is 5.65. The Labute approximate surface area is 137 Å². The number of fused-ring (bicyclic) bond motifs is 3. The molecule has 1 heterocycles. The van der Waals surface area contributed by atoms with Crippen molar-refractivity contribution in [2.45, 2.75) is 36.6 Å². The summed E-state index contributed by atoms with van der Waals surface area (Å²) in [5, 5.41) is 0. The summed E-state index contributed by atoms with van der Waals surface area (Å²) in [5.74, 6) is 0.810. The first-order valence-electron chi connectivity index (χ1n) is 8.24. The second-order valence-corrected chi connectivity index (χ2v) is 8.65. The maximum absolute atomic E-state index is 12.7. The molecule has 23 heavy (non-hydrogen) atoms. The van der Waals surface area contributed by atoms with Crippen LogP contribution in [0.3, 0.4) is 0 Å². The van der Waals surface area contributed by atoms with E-state index in [1.54, 1.807) is 23.0 Å². The highest BCUT2D eigenvalue weighted by Crippen LogP contribution is 2.40. The molecule has 1 aromatic heterocycles. The van der Waals surface area contributed by atoms with Crippen LogP contribution in [0.2, 0.25) is 0 Å². The highest BCUT2D eigenvalue weighted by Gasteiger charge is 2.41. The third kappa shape index (κ3) is 2.72. The zero-order chi connectivity index (χ0) is 16.0. The molecule has 4 rings (SSSR count). The molecule has 0 radical (unpaired) electrons. The molecule has 2 bridgehead atoms. The summed E-state index contributed by atoms with van der Waals surface area (Å²) in [4.78, 5) is 0.362. The molecule has 1 saturated carbocycles. The molecule has 0 amide bonds. The molecule has 2 aromatic rings. The van der Waals surface area contributed by atoms with Crippen LogP contribution in [0.5, 0.6) is 0 Å². The summed E-state index contributed by atoms with van der Waals surface area (Å²) in [7, 11) is -1.60. The van der Waals surface area contributed by atoms with Gasteiger partial charge in [0.15, 0.2) is 0 Å². The number of nitrogens with one attached hydrogen (secondary N) is 1. The Hall–Kier alpha value is -1.59. The number of aromatic nitrogens is 1. The standard InChI is InChI=1S/C18H22N2O2S/c1-20-9-8-17(12-20)23(21,22)19-18-15-6-7-16(18)11-14-5-3-2-4-13(14)10-15/h2-5,8-9,12,15-16,18-19H,6-7,10-11H2,1H3. The number of hydrogen-bond donors (Lipinski definition) is 1. The van der Waals surface area contributed by atoms with Gasteiger partial charge in [-0.1, -0.05) is 24.3 Å². The Balaban J connectivity index is 1.61. The van der Waals surface area contributed by atoms with Crippen LogP contribution in [-0.4, -0.2) is 19.0 Å². The van der Waals surface area contributed by atoms with Gasteiger partial charge >= 0.3 is 0 Å². The highest BCUT2D eigenvalue weighted by atomic mass is 32.2. The molecule has 0 spiro atoms. The lowest BCUT2D eigenvalue weighted by molar-refractivity contribution is 0.386. The average molecular weight is 330 g/mol. The third-order valence-electron chi connectivity index (χ3n) is 5.41. The number of aryl methyl sites for hydroxylation is 1. The zero-order valence-electron chi connectivity index (χ0n) is 13.3. The molecule has 2 atom stereocenters. The molecule has 2 unspecified atom stereocenters. The lowest BCUT2D eigenvalue weighted by atomic mass is 9.94. The fraction of sp³-hybridized carbons (Fsp3) is 0.444. The van der Waals surface area contributed by atoms with E-state index in [0.29, 0.717) is 16.7 Å². The van der Waals surface area contributed by atoms with E-state index in [1.165, 1.54) is 11.1 Å². The van der Waals surface area contributed by atoms with Crippen molar-refractivity contribution in [2.24, 2.45) is 18.9 Å². The van der Waals surface area contributed by atoms with Crippen LogP contribution in [0, 0.1) is 11.8 Å². The van der Waals surface area contributed by atoms with Crippen LogP contribution in [0.4, 0.5) is 0 Å². The third-order valence-corrected chi connectivity index (χ3v) is 6.86. The summed E-state index contributed by atoms with van der Waals surface area (Å²) < 4.78 is 30.2. The van der Waals surface area contributed by atoms with Crippen molar-refractivity contribution in [3.63, 3.8) is 0 Å². The minimum Gasteiger partial charge on any atom is -0.356 e. The maximum Gasteiger partial charge on any atom is 0.242 e. The van der Waals surface area contributed by atoms with E-state index in [2.05, 4.69) is 29.0 Å². The Bertz CT molecular complexity index is 792. The van der Waals surface area contributed by atoms with Crippen LogP contribution in [0.15, 0.2) is 47.6 Å². The Kier molecular flexibility index (Phi) is 3.58. The number of hydrogen-bond acceptors (Lipinski definition) is 2. The lowest BCUT2D eigenvalue weighted by Crippen LogP contribution is -2.41. The van der Waals surface area contributed by atoms with Crippen molar-refractivity contribution in [1.29, 1.82) is 0 Å². The minimum absolute atomic E-state index is 0.0487. The van der Waals surface area contributed by atoms with Crippen LogP contribution in [-0.2, 0) is 29.9 Å². The van der Waals surface area contributed by atoms with Crippen molar-refractivity contribution in [3.8, 4) is 0 Å². The predicted molar refractivity (Wildman–Crippen MR) is 89.6 cm³/mol. The van der Waals surface area contributed by atoms with Crippen LogP contribution in [0.25, 0.3) is 0 Å². The Morgan fingerprint density at radius 2 is 1.65 bits per heavy atom. The first-order valence-corrected chi connectivity index (χ1v) is 9.72. The molecule has 0 aliphatic heterocycles. The Morgan fingerprint density at radius 3 is 2.17 bits per heavy atom. The van der Waals surface area contributed by atoms with Crippen molar-refractivity contribution in [3.05, 3.63) is 53.9 Å². The number of rotatable bonds is 3. The van der Waals surface area contributed by atoms with E-state index in [1.807, 2.05) is 7.05 Å². The molecular weight excluding hydrogens is 308 g/mol. The summed E-state index contributed by atoms with van der Waals surface area (Å²) >= 11 is 0. The van der Waals surface area contributed by atoms with Crippen molar-refractivity contribution >= 4 is 10.0 Å². The van der Waals surface area contributed by atoms with E-state index in [-0.39, 0.29) is 6.04 Å². The van der Waals surface area contributed by atoms with Gasteiger partial charge in [0.25, 0.3) is 0 Å². The van der Waals surface area contributed by atoms with E-state index < -0.39 is 10.0 Å². The second kappa shape index (κ2) is 5.49. The first-order chi connectivity index (χ1) is 11.0. The quantitative estimate of drug-likeness (QED) is 0.940. The largest absolute Gasteiger partial charge is 0.356 e. The van der Waals surface area contributed by atoms with Gasteiger partial charge in [-0.3, -0.25) is 0 Å². The highest BCUT2D eigenvalue weighted by molar-refractivity contribution is 7.89. The van der Waals surface area contributed by atoms with Crippen molar-refractivity contribution in [1.82, 2.24) is 9.29 Å². The smallest absolute Gasteiger partial charge is 0.242 e. The van der Waals surface area contributed by atoms with Gasteiger partial charge in [-0.15, -0.1) is 0 Å². The summed E-state index contributed by atoms with van der Waals surface area (Å²) in [6.07, 6.45) is 7.62. The summed E-state index contributed by atoms with van der Waals surface area (Å²) in [6.45, 7) is 0. The molecule has 2 aliphatic carbocycles.